The van der Waals surface area contributed by atoms with Crippen molar-refractivity contribution in [1.29, 1.82) is 0 Å². The first kappa shape index (κ1) is 27.6. The van der Waals surface area contributed by atoms with Crippen LogP contribution in [0.1, 0.15) is 30.5 Å². The van der Waals surface area contributed by atoms with Gasteiger partial charge in [0, 0.05) is 55.1 Å². The molecule has 2 aromatic carbocycles. The molecule has 3 rings (SSSR count). The molecule has 0 saturated carbocycles. The number of alkyl halides is 3. The van der Waals surface area contributed by atoms with Gasteiger partial charge in [-0.05, 0) is 47.9 Å². The number of ether oxygens (including phenoxy) is 1. The molecule has 1 radical (unpaired) electrons. The quantitative estimate of drug-likeness (QED) is 0.549. The predicted octanol–water partition coefficient (Wildman–Crippen LogP) is 4.57. The highest BCUT2D eigenvalue weighted by atomic mass is 35.5. The van der Waals surface area contributed by atoms with Gasteiger partial charge in [-0.3, -0.25) is 9.59 Å². The second-order valence-corrected chi connectivity index (χ2v) is 9.44. The van der Waals surface area contributed by atoms with Gasteiger partial charge in [-0.1, -0.05) is 31.5 Å². The van der Waals surface area contributed by atoms with E-state index in [-0.39, 0.29) is 11.8 Å². The van der Waals surface area contributed by atoms with Crippen molar-refractivity contribution in [3.63, 3.8) is 0 Å². The van der Waals surface area contributed by atoms with Crippen LogP contribution in [0.15, 0.2) is 36.4 Å². The second-order valence-electron chi connectivity index (χ2n) is 9.00. The van der Waals surface area contributed by atoms with E-state index in [1.165, 1.54) is 12.5 Å². The number of nitrogens with zero attached hydrogens (tertiary/aromatic N) is 2. The number of rotatable bonds is 8. The molecule has 2 atom stereocenters. The van der Waals surface area contributed by atoms with Crippen molar-refractivity contribution in [1.82, 2.24) is 4.90 Å². The SMILES string of the molecule is COc1cc(Cl)ccc1C[C@@H](C)C(=O)N1CCN(c2ccc(C(F)(F)F)cc2[CH][C@H](C)C(N)=O)CC1. The number of carbonyl (C=O) groups is 2. The highest BCUT2D eigenvalue weighted by Gasteiger charge is 2.33. The summed E-state index contributed by atoms with van der Waals surface area (Å²) in [7, 11) is 1.55. The molecular weight excluding hydrogens is 495 g/mol. The lowest BCUT2D eigenvalue weighted by atomic mass is 9.96. The summed E-state index contributed by atoms with van der Waals surface area (Å²) in [5.74, 6) is -1.03. The zero-order valence-electron chi connectivity index (χ0n) is 20.4. The van der Waals surface area contributed by atoms with Crippen molar-refractivity contribution < 1.29 is 27.5 Å². The monoisotopic (exact) mass is 524 g/mol. The Morgan fingerprint density at radius 3 is 2.36 bits per heavy atom. The minimum Gasteiger partial charge on any atom is -0.496 e. The van der Waals surface area contributed by atoms with Crippen molar-refractivity contribution >= 4 is 29.1 Å². The molecule has 1 fully saturated rings. The van der Waals surface area contributed by atoms with Crippen molar-refractivity contribution in [2.24, 2.45) is 17.6 Å². The average Bonchev–Trinajstić information content (AvgIpc) is 2.84. The Morgan fingerprint density at radius 2 is 1.78 bits per heavy atom. The molecule has 195 valence electrons. The van der Waals surface area contributed by atoms with Crippen molar-refractivity contribution in [3.05, 3.63) is 64.5 Å². The summed E-state index contributed by atoms with van der Waals surface area (Å²) in [4.78, 5) is 28.3. The molecule has 1 saturated heterocycles. The summed E-state index contributed by atoms with van der Waals surface area (Å²) >= 11 is 6.03. The first-order valence-corrected chi connectivity index (χ1v) is 12.0. The molecule has 1 aliphatic heterocycles. The number of amides is 2. The number of hydrogen-bond acceptors (Lipinski definition) is 4. The zero-order chi connectivity index (χ0) is 26.6. The summed E-state index contributed by atoms with van der Waals surface area (Å²) in [5, 5.41) is 0.552. The van der Waals surface area contributed by atoms with Crippen LogP contribution in [0.2, 0.25) is 5.02 Å². The number of piperazine rings is 1. The molecular formula is C26H30ClF3N3O3. The van der Waals surface area contributed by atoms with Crippen molar-refractivity contribution in [3.8, 4) is 5.75 Å². The summed E-state index contributed by atoms with van der Waals surface area (Å²) in [6.07, 6.45) is -2.57. The molecule has 0 unspecified atom stereocenters. The molecule has 0 bridgehead atoms. The van der Waals surface area contributed by atoms with E-state index in [0.29, 0.717) is 54.6 Å². The maximum atomic E-state index is 13.3. The molecule has 10 heteroatoms. The minimum atomic E-state index is -4.51. The number of halogens is 4. The maximum Gasteiger partial charge on any atom is 0.416 e. The van der Waals surface area contributed by atoms with Gasteiger partial charge in [0.1, 0.15) is 5.75 Å². The van der Waals surface area contributed by atoms with E-state index in [1.807, 2.05) is 17.9 Å². The molecule has 1 heterocycles. The van der Waals surface area contributed by atoms with E-state index in [0.717, 1.165) is 17.7 Å². The minimum absolute atomic E-state index is 0.00629. The molecule has 1 aliphatic rings. The Morgan fingerprint density at radius 1 is 1.11 bits per heavy atom. The zero-order valence-corrected chi connectivity index (χ0v) is 21.2. The standard InChI is InChI=1S/C26H30ClF3N3O3/c1-16(24(31)34)12-19-14-20(26(28,29)30)5-7-22(19)32-8-10-33(11-9-32)25(35)17(2)13-18-4-6-21(27)15-23(18)36-3/h4-7,12,14-17H,8-11,13H2,1-3H3,(H2,31,34)/t16-,17+/m0/s1. The van der Waals surface area contributed by atoms with Gasteiger partial charge >= 0.3 is 6.18 Å². The van der Waals surface area contributed by atoms with E-state index in [2.05, 4.69) is 0 Å². The largest absolute Gasteiger partial charge is 0.496 e. The van der Waals surface area contributed by atoms with Crippen LogP contribution in [0.4, 0.5) is 18.9 Å². The molecule has 2 aromatic rings. The summed E-state index contributed by atoms with van der Waals surface area (Å²) < 4.78 is 45.3. The van der Waals surface area contributed by atoms with Gasteiger partial charge in [0.25, 0.3) is 0 Å². The average molecular weight is 525 g/mol. The second kappa shape index (κ2) is 11.4. The summed E-state index contributed by atoms with van der Waals surface area (Å²) in [5.41, 5.74) is 6.28. The fraction of sp³-hybridized carbons (Fsp3) is 0.423. The van der Waals surface area contributed by atoms with Crippen molar-refractivity contribution in [2.75, 3.05) is 38.2 Å². The Labute approximate surface area is 214 Å². The van der Waals surface area contributed by atoms with E-state index in [4.69, 9.17) is 22.1 Å². The number of carbonyl (C=O) groups excluding carboxylic acids is 2. The first-order valence-electron chi connectivity index (χ1n) is 11.6. The van der Waals surface area contributed by atoms with Gasteiger partial charge in [0.2, 0.25) is 11.8 Å². The Bertz CT molecular complexity index is 1100. The molecule has 0 aromatic heterocycles. The van der Waals surface area contributed by atoms with Crippen LogP contribution in [0.3, 0.4) is 0 Å². The van der Waals surface area contributed by atoms with Crippen molar-refractivity contribution in [2.45, 2.75) is 26.4 Å². The lowest BCUT2D eigenvalue weighted by molar-refractivity contribution is -0.137. The van der Waals surface area contributed by atoms with E-state index >= 15 is 0 Å². The van der Waals surface area contributed by atoms with Crippen LogP contribution >= 0.6 is 11.6 Å². The van der Waals surface area contributed by atoms with Crippen LogP contribution in [0, 0.1) is 18.3 Å². The topological polar surface area (TPSA) is 75.9 Å². The van der Waals surface area contributed by atoms with Gasteiger partial charge in [-0.15, -0.1) is 0 Å². The number of primary amides is 1. The number of benzene rings is 2. The highest BCUT2D eigenvalue weighted by Crippen LogP contribution is 2.35. The van der Waals surface area contributed by atoms with Crippen LogP contribution in [-0.4, -0.2) is 50.0 Å². The molecule has 0 spiro atoms. The Kier molecular flexibility index (Phi) is 8.76. The third-order valence-corrected chi connectivity index (χ3v) is 6.60. The van der Waals surface area contributed by atoms with Gasteiger partial charge < -0.3 is 20.3 Å². The van der Waals surface area contributed by atoms with Crippen LogP contribution < -0.4 is 15.4 Å². The van der Waals surface area contributed by atoms with E-state index in [1.54, 1.807) is 31.1 Å². The van der Waals surface area contributed by atoms with Gasteiger partial charge in [-0.2, -0.15) is 13.2 Å². The summed E-state index contributed by atoms with van der Waals surface area (Å²) in [6.45, 7) is 5.14. The van der Waals surface area contributed by atoms with E-state index in [9.17, 15) is 22.8 Å². The fourth-order valence-electron chi connectivity index (χ4n) is 4.29. The number of anilines is 1. The molecule has 2 N–H and O–H groups in total. The number of nitrogens with two attached hydrogens (primary N) is 1. The van der Waals surface area contributed by atoms with Gasteiger partial charge in [0.05, 0.1) is 12.7 Å². The van der Waals surface area contributed by atoms with Crippen LogP contribution in [0.5, 0.6) is 5.75 Å². The molecule has 6 nitrogen and oxygen atoms in total. The lowest BCUT2D eigenvalue weighted by Crippen LogP contribution is -2.50. The predicted molar refractivity (Wildman–Crippen MR) is 133 cm³/mol. The number of hydrogen-bond donors (Lipinski definition) is 1. The maximum absolute atomic E-state index is 13.3. The normalized spacial score (nSPS) is 16.0. The van der Waals surface area contributed by atoms with Crippen LogP contribution in [-0.2, 0) is 22.2 Å². The highest BCUT2D eigenvalue weighted by molar-refractivity contribution is 6.30. The molecule has 2 amide bonds. The Hall–Kier alpha value is -2.94. The fourth-order valence-corrected chi connectivity index (χ4v) is 4.45. The van der Waals surface area contributed by atoms with Crippen LogP contribution in [0.25, 0.3) is 0 Å². The van der Waals surface area contributed by atoms with E-state index < -0.39 is 23.6 Å². The molecule has 0 aliphatic carbocycles. The third-order valence-electron chi connectivity index (χ3n) is 6.36. The first-order chi connectivity index (χ1) is 16.9. The third kappa shape index (κ3) is 6.63. The Balaban J connectivity index is 1.70. The smallest absolute Gasteiger partial charge is 0.416 e. The van der Waals surface area contributed by atoms with Gasteiger partial charge in [-0.25, -0.2) is 0 Å². The van der Waals surface area contributed by atoms with Gasteiger partial charge in [0.15, 0.2) is 0 Å². The number of methoxy groups -OCH3 is 1. The molecule has 36 heavy (non-hydrogen) atoms. The summed E-state index contributed by atoms with van der Waals surface area (Å²) in [6, 6.07) is 8.79. The lowest BCUT2D eigenvalue weighted by Gasteiger charge is -2.38.